The lowest BCUT2D eigenvalue weighted by Crippen LogP contribution is -2.33. The third kappa shape index (κ3) is 1.60. The normalized spacial score (nSPS) is 25.5. The summed E-state index contributed by atoms with van der Waals surface area (Å²) in [5, 5.41) is 2.44. The fourth-order valence-corrected chi connectivity index (χ4v) is 0.867. The third-order valence-electron chi connectivity index (χ3n) is 1.71. The number of carbonyl (C=O) groups is 2. The number of amides is 2. The number of nitrogens with two attached hydrogens (primary N) is 1. The Morgan fingerprint density at radius 1 is 1.91 bits per heavy atom. The average Bonchev–Trinajstić information content (AvgIpc) is 2.34. The van der Waals surface area contributed by atoms with Crippen molar-refractivity contribution in [3.63, 3.8) is 0 Å². The van der Waals surface area contributed by atoms with E-state index < -0.39 is 24.0 Å². The molecule has 0 aromatic heterocycles. The van der Waals surface area contributed by atoms with Gasteiger partial charge in [-0.15, -0.1) is 0 Å². The Morgan fingerprint density at radius 2 is 2.55 bits per heavy atom. The van der Waals surface area contributed by atoms with Crippen molar-refractivity contribution in [1.82, 2.24) is 5.32 Å². The van der Waals surface area contributed by atoms with Gasteiger partial charge in [-0.25, -0.2) is 4.79 Å². The molecule has 1 unspecified atom stereocenters. The van der Waals surface area contributed by atoms with Gasteiger partial charge in [0.1, 0.15) is 6.10 Å². The molecule has 1 saturated heterocycles. The Morgan fingerprint density at radius 3 is 2.91 bits per heavy atom. The molecule has 0 spiro atoms. The van der Waals surface area contributed by atoms with Gasteiger partial charge in [0.25, 0.3) is 0 Å². The van der Waals surface area contributed by atoms with Crippen molar-refractivity contribution in [2.75, 3.05) is 6.54 Å². The van der Waals surface area contributed by atoms with Crippen LogP contribution in [0.2, 0.25) is 0 Å². The van der Waals surface area contributed by atoms with Crippen molar-refractivity contribution in [3.8, 4) is 0 Å². The molecule has 62 valence electrons. The second kappa shape index (κ2) is 2.77. The van der Waals surface area contributed by atoms with Crippen LogP contribution in [0.15, 0.2) is 0 Å². The highest BCUT2D eigenvalue weighted by Gasteiger charge is 2.30. The van der Waals surface area contributed by atoms with Gasteiger partial charge in [-0.3, -0.25) is 4.79 Å². The summed E-state index contributed by atoms with van der Waals surface area (Å²) in [5.41, 5.74) is 5.00. The van der Waals surface area contributed by atoms with Crippen LogP contribution in [-0.2, 0) is 9.53 Å². The summed E-state index contributed by atoms with van der Waals surface area (Å²) in [6, 6.07) is 0. The van der Waals surface area contributed by atoms with Crippen LogP contribution in [0.25, 0.3) is 0 Å². The van der Waals surface area contributed by atoms with Crippen LogP contribution in [0.3, 0.4) is 0 Å². The quantitative estimate of drug-likeness (QED) is 0.553. The van der Waals surface area contributed by atoms with Gasteiger partial charge < -0.3 is 15.8 Å². The van der Waals surface area contributed by atoms with Crippen molar-refractivity contribution in [3.05, 3.63) is 0 Å². The molecular formula is C6H10N2O3. The van der Waals surface area contributed by atoms with Crippen molar-refractivity contribution < 1.29 is 14.3 Å². The Kier molecular flexibility index (Phi) is 1.98. The molecule has 0 aromatic rings. The van der Waals surface area contributed by atoms with Crippen LogP contribution in [0, 0.1) is 5.92 Å². The van der Waals surface area contributed by atoms with E-state index in [1.165, 1.54) is 0 Å². The molecule has 11 heavy (non-hydrogen) atoms. The van der Waals surface area contributed by atoms with Gasteiger partial charge in [0.05, 0.1) is 12.5 Å². The van der Waals surface area contributed by atoms with E-state index in [2.05, 4.69) is 5.32 Å². The van der Waals surface area contributed by atoms with E-state index in [-0.39, 0.29) is 0 Å². The van der Waals surface area contributed by atoms with Gasteiger partial charge in [0.2, 0.25) is 5.91 Å². The van der Waals surface area contributed by atoms with E-state index >= 15 is 0 Å². The Labute approximate surface area is 63.9 Å². The van der Waals surface area contributed by atoms with Crippen LogP contribution in [0.5, 0.6) is 0 Å². The second-order valence-corrected chi connectivity index (χ2v) is 2.52. The van der Waals surface area contributed by atoms with Gasteiger partial charge in [-0.1, -0.05) is 0 Å². The number of alkyl carbamates (subject to hydrolysis) is 1. The summed E-state index contributed by atoms with van der Waals surface area (Å²) in [4.78, 5) is 21.1. The molecule has 1 fully saturated rings. The molecule has 1 aliphatic heterocycles. The molecule has 0 saturated carbocycles. The molecule has 1 heterocycles. The third-order valence-corrected chi connectivity index (χ3v) is 1.71. The summed E-state index contributed by atoms with van der Waals surface area (Å²) in [7, 11) is 0. The Hall–Kier alpha value is -1.26. The number of cyclic esters (lactones) is 1. The van der Waals surface area contributed by atoms with Crippen LogP contribution >= 0.6 is 0 Å². The Bertz CT molecular complexity index is 192. The highest BCUT2D eigenvalue weighted by atomic mass is 16.6. The van der Waals surface area contributed by atoms with Crippen molar-refractivity contribution in [1.29, 1.82) is 0 Å². The maximum atomic E-state index is 10.6. The summed E-state index contributed by atoms with van der Waals surface area (Å²) in [5.74, 6) is -0.875. The maximum Gasteiger partial charge on any atom is 0.407 e. The van der Waals surface area contributed by atoms with E-state index in [9.17, 15) is 9.59 Å². The maximum absolute atomic E-state index is 10.6. The monoisotopic (exact) mass is 158 g/mol. The van der Waals surface area contributed by atoms with Crippen LogP contribution in [-0.4, -0.2) is 24.6 Å². The zero-order valence-corrected chi connectivity index (χ0v) is 6.16. The minimum Gasteiger partial charge on any atom is -0.444 e. The van der Waals surface area contributed by atoms with Gasteiger partial charge in [-0.05, 0) is 6.92 Å². The average molecular weight is 158 g/mol. The van der Waals surface area contributed by atoms with Gasteiger partial charge in [-0.2, -0.15) is 0 Å². The molecule has 2 amide bonds. The molecular weight excluding hydrogens is 148 g/mol. The molecule has 5 heteroatoms. The molecule has 1 aliphatic rings. The summed E-state index contributed by atoms with van der Waals surface area (Å²) < 4.78 is 4.73. The number of carbonyl (C=O) groups excluding carboxylic acids is 2. The zero-order chi connectivity index (χ0) is 8.43. The number of hydrogen-bond donors (Lipinski definition) is 2. The van der Waals surface area contributed by atoms with E-state index in [0.29, 0.717) is 6.54 Å². The molecule has 0 aliphatic carbocycles. The summed E-state index contributed by atoms with van der Waals surface area (Å²) in [6.45, 7) is 2.00. The first kappa shape index (κ1) is 7.84. The van der Waals surface area contributed by atoms with Crippen molar-refractivity contribution in [2.24, 2.45) is 11.7 Å². The van der Waals surface area contributed by atoms with Gasteiger partial charge in [0.15, 0.2) is 0 Å². The second-order valence-electron chi connectivity index (χ2n) is 2.52. The number of rotatable bonds is 2. The van der Waals surface area contributed by atoms with E-state index in [4.69, 9.17) is 10.5 Å². The number of ether oxygens (including phenoxy) is 1. The smallest absolute Gasteiger partial charge is 0.407 e. The van der Waals surface area contributed by atoms with Crippen molar-refractivity contribution >= 4 is 12.0 Å². The van der Waals surface area contributed by atoms with E-state index in [1.54, 1.807) is 6.92 Å². The molecule has 3 N–H and O–H groups in total. The highest BCUT2D eigenvalue weighted by molar-refractivity contribution is 5.78. The standard InChI is InChI=1S/C6H10N2O3/c1-3(5(7)9)4-2-8-6(10)11-4/h3-4H,2H2,1H3,(H2,7,9)(H,8,10)/t3-,4?/m0/s1. The fourth-order valence-electron chi connectivity index (χ4n) is 0.867. The number of hydrogen-bond acceptors (Lipinski definition) is 3. The van der Waals surface area contributed by atoms with E-state index in [1.807, 2.05) is 0 Å². The predicted octanol–water partition coefficient (Wildman–Crippen LogP) is -0.784. The van der Waals surface area contributed by atoms with Crippen LogP contribution in [0.4, 0.5) is 4.79 Å². The fraction of sp³-hybridized carbons (Fsp3) is 0.667. The van der Waals surface area contributed by atoms with Gasteiger partial charge in [0, 0.05) is 0 Å². The molecule has 1 rings (SSSR count). The molecule has 5 nitrogen and oxygen atoms in total. The summed E-state index contributed by atoms with van der Waals surface area (Å²) >= 11 is 0. The lowest BCUT2D eigenvalue weighted by molar-refractivity contribution is -0.123. The van der Waals surface area contributed by atoms with Crippen LogP contribution in [0.1, 0.15) is 6.92 Å². The highest BCUT2D eigenvalue weighted by Crippen LogP contribution is 2.10. The van der Waals surface area contributed by atoms with Crippen molar-refractivity contribution in [2.45, 2.75) is 13.0 Å². The zero-order valence-electron chi connectivity index (χ0n) is 6.16. The van der Waals surface area contributed by atoms with E-state index in [0.717, 1.165) is 0 Å². The topological polar surface area (TPSA) is 81.4 Å². The largest absolute Gasteiger partial charge is 0.444 e. The molecule has 0 bridgehead atoms. The number of primary amides is 1. The van der Waals surface area contributed by atoms with Gasteiger partial charge >= 0.3 is 6.09 Å². The first-order valence-electron chi connectivity index (χ1n) is 3.35. The first-order chi connectivity index (χ1) is 5.11. The SMILES string of the molecule is C[C@H](C(N)=O)C1CNC(=O)O1. The number of nitrogens with one attached hydrogen (secondary N) is 1. The molecule has 2 atom stereocenters. The Balaban J connectivity index is 2.49. The minimum absolute atomic E-state index is 0.364. The van der Waals surface area contributed by atoms with Crippen LogP contribution < -0.4 is 11.1 Å². The molecule has 0 aromatic carbocycles. The minimum atomic E-state index is -0.483. The molecule has 0 radical (unpaired) electrons. The predicted molar refractivity (Wildman–Crippen MR) is 36.6 cm³/mol. The lowest BCUT2D eigenvalue weighted by Gasteiger charge is -2.12. The summed E-state index contributed by atoms with van der Waals surface area (Å²) in [6.07, 6.45) is -0.886. The first-order valence-corrected chi connectivity index (χ1v) is 3.35. The lowest BCUT2D eigenvalue weighted by atomic mass is 10.1.